The Labute approximate surface area is 217 Å². The quantitative estimate of drug-likeness (QED) is 0.336. The minimum absolute atomic E-state index is 0.225. The van der Waals surface area contributed by atoms with Crippen LogP contribution < -0.4 is 16.0 Å². The second-order valence-electron chi connectivity index (χ2n) is 8.65. The molecule has 0 bridgehead atoms. The average Bonchev–Trinajstić information content (AvgIpc) is 3.16. The molecule has 9 nitrogen and oxygen atoms in total. The van der Waals surface area contributed by atoms with Crippen LogP contribution in [0, 0.1) is 9.39 Å². The van der Waals surface area contributed by atoms with Gasteiger partial charge in [-0.15, -0.1) is 0 Å². The molecule has 0 unspecified atom stereocenters. The molecular weight excluding hydrogens is 586 g/mol. The van der Waals surface area contributed by atoms with Crippen molar-refractivity contribution in [2.24, 2.45) is 5.14 Å². The van der Waals surface area contributed by atoms with Crippen LogP contribution in [0.3, 0.4) is 0 Å². The highest BCUT2D eigenvalue weighted by Gasteiger charge is 2.22. The number of piperazine rings is 1. The van der Waals surface area contributed by atoms with E-state index in [1.54, 1.807) is 0 Å². The third-order valence-electron chi connectivity index (χ3n) is 6.08. The molecule has 0 amide bonds. The molecule has 1 aliphatic rings. The fraction of sp³-hybridized carbons (Fsp3) is 0.348. The van der Waals surface area contributed by atoms with Crippen LogP contribution in [0.5, 0.6) is 0 Å². The molecule has 3 aromatic rings. The monoisotopic (exact) mass is 614 g/mol. The highest BCUT2D eigenvalue weighted by atomic mass is 127. The third kappa shape index (κ3) is 6.30. The summed E-state index contributed by atoms with van der Waals surface area (Å²) in [5.74, 6) is -0.993. The van der Waals surface area contributed by atoms with Gasteiger partial charge in [0.1, 0.15) is 10.7 Å². The van der Waals surface area contributed by atoms with Crippen LogP contribution in [0.15, 0.2) is 52.3 Å². The number of rotatable bonds is 8. The summed E-state index contributed by atoms with van der Waals surface area (Å²) >= 11 is 2.17. The molecule has 1 aromatic heterocycles. The minimum Gasteiger partial charge on any atom is -0.355 e. The molecule has 0 aliphatic carbocycles. The van der Waals surface area contributed by atoms with Crippen molar-refractivity contribution in [3.63, 3.8) is 0 Å². The zero-order valence-corrected chi connectivity index (χ0v) is 22.3. The Morgan fingerprint density at radius 3 is 2.43 bits per heavy atom. The SMILES string of the molecule is CN1CCN(CCCn2[nH]cc(-c3cc(S(N)(=O)=O)c(F)cc3Nc3ccc(I)cc3)c2=O)CC1. The van der Waals surface area contributed by atoms with Crippen LogP contribution in [0.1, 0.15) is 6.42 Å². The van der Waals surface area contributed by atoms with Gasteiger partial charge in [-0.1, -0.05) is 0 Å². The van der Waals surface area contributed by atoms with Crippen LogP contribution in [0.2, 0.25) is 0 Å². The Morgan fingerprint density at radius 1 is 1.09 bits per heavy atom. The van der Waals surface area contributed by atoms with E-state index in [2.05, 4.69) is 49.9 Å². The first-order valence-corrected chi connectivity index (χ1v) is 13.8. The van der Waals surface area contributed by atoms with Crippen LogP contribution in [-0.4, -0.2) is 67.8 Å². The summed E-state index contributed by atoms with van der Waals surface area (Å²) < 4.78 is 41.1. The van der Waals surface area contributed by atoms with Crippen LogP contribution in [0.4, 0.5) is 15.8 Å². The molecule has 0 atom stereocenters. The number of likely N-dealkylation sites (N-methyl/N-ethyl adjacent to an activating group) is 1. The summed E-state index contributed by atoms with van der Waals surface area (Å²) in [6, 6.07) is 9.54. The molecule has 0 spiro atoms. The van der Waals surface area contributed by atoms with Gasteiger partial charge in [-0.05, 0) is 72.5 Å². The van der Waals surface area contributed by atoms with Gasteiger partial charge in [-0.3, -0.25) is 9.48 Å². The van der Waals surface area contributed by atoms with E-state index in [0.29, 0.717) is 12.2 Å². The Balaban J connectivity index is 1.61. The van der Waals surface area contributed by atoms with Crippen LogP contribution in [-0.2, 0) is 16.6 Å². The average molecular weight is 614 g/mol. The van der Waals surface area contributed by atoms with Crippen molar-refractivity contribution in [3.8, 4) is 11.1 Å². The maximum atomic E-state index is 14.7. The van der Waals surface area contributed by atoms with Gasteiger partial charge in [-0.25, -0.2) is 17.9 Å². The predicted molar refractivity (Wildman–Crippen MR) is 143 cm³/mol. The molecule has 1 aliphatic heterocycles. The lowest BCUT2D eigenvalue weighted by Gasteiger charge is -2.32. The van der Waals surface area contributed by atoms with Crippen molar-refractivity contribution >= 4 is 44.0 Å². The number of aromatic nitrogens is 2. The van der Waals surface area contributed by atoms with Crippen molar-refractivity contribution in [1.29, 1.82) is 0 Å². The largest absolute Gasteiger partial charge is 0.355 e. The van der Waals surface area contributed by atoms with E-state index >= 15 is 0 Å². The number of nitrogens with one attached hydrogen (secondary N) is 2. The number of nitrogens with zero attached hydrogens (tertiary/aromatic N) is 3. The van der Waals surface area contributed by atoms with E-state index < -0.39 is 20.7 Å². The molecule has 1 fully saturated rings. The van der Waals surface area contributed by atoms with Gasteiger partial charge >= 0.3 is 0 Å². The summed E-state index contributed by atoms with van der Waals surface area (Å²) in [7, 11) is -2.22. The molecule has 12 heteroatoms. The van der Waals surface area contributed by atoms with Crippen LogP contribution in [0.25, 0.3) is 11.1 Å². The summed E-state index contributed by atoms with van der Waals surface area (Å²) in [5.41, 5.74) is 1.07. The summed E-state index contributed by atoms with van der Waals surface area (Å²) in [5, 5.41) is 11.3. The van der Waals surface area contributed by atoms with Crippen LogP contribution >= 0.6 is 22.6 Å². The summed E-state index contributed by atoms with van der Waals surface area (Å²) in [6.45, 7) is 5.41. The standard InChI is InChI=1S/C23H28FIN6O3S/c1-29-9-11-30(12-10-29)7-2-8-31-23(32)19(15-27-31)18-13-22(35(26,33)34)20(24)14-21(18)28-17-5-3-16(25)4-6-17/h3-6,13-15,27-28H,2,7-12H2,1H3,(H2,26,33,34). The van der Waals surface area contributed by atoms with Gasteiger partial charge in [0.25, 0.3) is 5.56 Å². The van der Waals surface area contributed by atoms with Gasteiger partial charge < -0.3 is 20.2 Å². The number of anilines is 2. The maximum absolute atomic E-state index is 14.7. The molecule has 0 radical (unpaired) electrons. The van der Waals surface area contributed by atoms with E-state index in [1.807, 2.05) is 24.3 Å². The number of halogens is 2. The third-order valence-corrected chi connectivity index (χ3v) is 7.73. The molecular formula is C23H28FIN6O3S. The molecule has 35 heavy (non-hydrogen) atoms. The number of aryl methyl sites for hydroxylation is 1. The summed E-state index contributed by atoms with van der Waals surface area (Å²) in [6.07, 6.45) is 2.29. The molecule has 0 saturated carbocycles. The topological polar surface area (TPSA) is 116 Å². The maximum Gasteiger partial charge on any atom is 0.274 e. The smallest absolute Gasteiger partial charge is 0.274 e. The fourth-order valence-corrected chi connectivity index (χ4v) is 5.05. The Morgan fingerprint density at radius 2 is 1.77 bits per heavy atom. The molecule has 4 rings (SSSR count). The van der Waals surface area contributed by atoms with Crippen molar-refractivity contribution in [2.45, 2.75) is 17.9 Å². The van der Waals surface area contributed by atoms with Crippen molar-refractivity contribution in [1.82, 2.24) is 19.6 Å². The lowest BCUT2D eigenvalue weighted by atomic mass is 10.1. The molecule has 2 aromatic carbocycles. The zero-order chi connectivity index (χ0) is 25.2. The Kier molecular flexibility index (Phi) is 7.96. The molecule has 1 saturated heterocycles. The Hall–Kier alpha value is -2.26. The van der Waals surface area contributed by atoms with Gasteiger partial charge in [-0.2, -0.15) is 0 Å². The number of sulfonamides is 1. The number of nitrogens with two attached hydrogens (primary N) is 1. The number of hydrogen-bond acceptors (Lipinski definition) is 6. The fourth-order valence-electron chi connectivity index (χ4n) is 4.08. The Bertz CT molecular complexity index is 1350. The second-order valence-corrected chi connectivity index (χ2v) is 11.4. The van der Waals surface area contributed by atoms with Gasteiger partial charge in [0, 0.05) is 66.0 Å². The van der Waals surface area contributed by atoms with E-state index in [-0.39, 0.29) is 22.4 Å². The highest BCUT2D eigenvalue weighted by molar-refractivity contribution is 14.1. The second kappa shape index (κ2) is 10.8. The number of benzene rings is 2. The molecule has 4 N–H and O–H groups in total. The van der Waals surface area contributed by atoms with Crippen molar-refractivity contribution in [3.05, 3.63) is 62.3 Å². The van der Waals surface area contributed by atoms with Gasteiger partial charge in [0.15, 0.2) is 0 Å². The van der Waals surface area contributed by atoms with E-state index in [9.17, 15) is 17.6 Å². The number of aromatic amines is 1. The summed E-state index contributed by atoms with van der Waals surface area (Å²) in [4.78, 5) is 17.2. The first kappa shape index (κ1) is 25.8. The highest BCUT2D eigenvalue weighted by Crippen LogP contribution is 2.32. The zero-order valence-electron chi connectivity index (χ0n) is 19.3. The van der Waals surface area contributed by atoms with Crippen molar-refractivity contribution < 1.29 is 12.8 Å². The number of H-pyrrole nitrogens is 1. The first-order chi connectivity index (χ1) is 16.6. The first-order valence-electron chi connectivity index (χ1n) is 11.2. The number of hydrogen-bond donors (Lipinski definition) is 3. The lowest BCUT2D eigenvalue weighted by Crippen LogP contribution is -2.44. The minimum atomic E-state index is -4.33. The molecule has 2 heterocycles. The van der Waals surface area contributed by atoms with E-state index in [0.717, 1.165) is 54.8 Å². The van der Waals surface area contributed by atoms with Gasteiger partial charge in [0.2, 0.25) is 10.0 Å². The molecule has 188 valence electrons. The normalized spacial score (nSPS) is 15.4. The predicted octanol–water partition coefficient (Wildman–Crippen LogP) is 2.62. The van der Waals surface area contributed by atoms with Gasteiger partial charge in [0.05, 0.1) is 5.56 Å². The lowest BCUT2D eigenvalue weighted by molar-refractivity contribution is 0.151. The number of primary sulfonamides is 1. The van der Waals surface area contributed by atoms with Crippen molar-refractivity contribution in [2.75, 3.05) is 45.1 Å². The van der Waals surface area contributed by atoms with E-state index in [4.69, 9.17) is 5.14 Å². The van der Waals surface area contributed by atoms with E-state index in [1.165, 1.54) is 10.9 Å².